The molecule has 0 saturated carbocycles. The second kappa shape index (κ2) is 18.7. The van der Waals surface area contributed by atoms with Gasteiger partial charge in [-0.1, -0.05) is 93.7 Å². The number of oxime groups is 1. The van der Waals surface area contributed by atoms with Gasteiger partial charge in [-0.15, -0.1) is 0 Å². The number of benzene rings is 1. The van der Waals surface area contributed by atoms with Crippen molar-refractivity contribution in [3.05, 3.63) is 58.2 Å². The van der Waals surface area contributed by atoms with Gasteiger partial charge in [-0.25, -0.2) is 0 Å². The standard InChI is InChI=1S/C20H26N2O2.3C2H6/c1-14-12-17(11-10-16-8-6-5-7-9-16)18(13-15(14)2)19(22-24-4)20(23)21-3;3*1-2/h5-9H,10-13H2,1-4H3,(H,21,23);3*1-2H3/b22-19+;;;. The first-order valence-corrected chi connectivity index (χ1v) is 11.3. The molecule has 1 aromatic carbocycles. The van der Waals surface area contributed by atoms with Gasteiger partial charge in [0.2, 0.25) is 0 Å². The topological polar surface area (TPSA) is 50.7 Å². The monoisotopic (exact) mass is 416 g/mol. The highest BCUT2D eigenvalue weighted by molar-refractivity contribution is 6.45. The third-order valence-electron chi connectivity index (χ3n) is 4.54. The van der Waals surface area contributed by atoms with Crippen LogP contribution in [-0.2, 0) is 16.1 Å². The molecule has 0 unspecified atom stereocenters. The maximum atomic E-state index is 12.2. The third kappa shape index (κ3) is 9.91. The maximum Gasteiger partial charge on any atom is 0.273 e. The van der Waals surface area contributed by atoms with Gasteiger partial charge >= 0.3 is 0 Å². The molecular weight excluding hydrogens is 372 g/mol. The van der Waals surface area contributed by atoms with Crippen molar-refractivity contribution in [2.45, 2.75) is 81.1 Å². The molecule has 0 spiro atoms. The van der Waals surface area contributed by atoms with Gasteiger partial charge in [0.25, 0.3) is 5.91 Å². The Bertz CT molecular complexity index is 686. The van der Waals surface area contributed by atoms with Crippen molar-refractivity contribution >= 4 is 11.6 Å². The van der Waals surface area contributed by atoms with Crippen LogP contribution in [0.25, 0.3) is 0 Å². The summed E-state index contributed by atoms with van der Waals surface area (Å²) in [6.45, 7) is 16.3. The zero-order chi connectivity index (χ0) is 23.5. The summed E-state index contributed by atoms with van der Waals surface area (Å²) in [5, 5.41) is 6.68. The highest BCUT2D eigenvalue weighted by Crippen LogP contribution is 2.33. The Morgan fingerprint density at radius 1 is 0.933 bits per heavy atom. The Labute approximate surface area is 185 Å². The van der Waals surface area contributed by atoms with Crippen LogP contribution in [0.4, 0.5) is 0 Å². The number of allylic oxidation sites excluding steroid dienone is 3. The fraction of sp³-hybridized carbons (Fsp3) is 0.538. The summed E-state index contributed by atoms with van der Waals surface area (Å²) in [7, 11) is 3.10. The van der Waals surface area contributed by atoms with Gasteiger partial charge < -0.3 is 10.2 Å². The quantitative estimate of drug-likeness (QED) is 0.312. The molecule has 1 amide bonds. The summed E-state index contributed by atoms with van der Waals surface area (Å²) in [5.41, 5.74) is 6.68. The molecule has 0 aliphatic heterocycles. The van der Waals surface area contributed by atoms with E-state index in [-0.39, 0.29) is 5.91 Å². The molecule has 0 bridgehead atoms. The molecule has 4 nitrogen and oxygen atoms in total. The van der Waals surface area contributed by atoms with E-state index in [4.69, 9.17) is 4.84 Å². The van der Waals surface area contributed by atoms with Crippen LogP contribution in [0.15, 0.2) is 57.8 Å². The van der Waals surface area contributed by atoms with E-state index in [1.165, 1.54) is 29.4 Å². The van der Waals surface area contributed by atoms with E-state index in [1.807, 2.05) is 47.6 Å². The molecular formula is C26H44N2O2. The van der Waals surface area contributed by atoms with Gasteiger partial charge in [0.05, 0.1) is 0 Å². The molecule has 1 aromatic rings. The van der Waals surface area contributed by atoms with E-state index < -0.39 is 0 Å². The third-order valence-corrected chi connectivity index (χ3v) is 4.54. The first kappa shape index (κ1) is 29.8. The van der Waals surface area contributed by atoms with Crippen molar-refractivity contribution < 1.29 is 9.63 Å². The number of nitrogens with zero attached hydrogens (tertiary/aromatic N) is 1. The highest BCUT2D eigenvalue weighted by Gasteiger charge is 2.24. The van der Waals surface area contributed by atoms with Crippen molar-refractivity contribution in [1.29, 1.82) is 0 Å². The first-order valence-electron chi connectivity index (χ1n) is 11.3. The van der Waals surface area contributed by atoms with Gasteiger partial charge in [0, 0.05) is 7.05 Å². The smallest absolute Gasteiger partial charge is 0.273 e. The predicted molar refractivity (Wildman–Crippen MR) is 132 cm³/mol. The fourth-order valence-corrected chi connectivity index (χ4v) is 2.99. The minimum atomic E-state index is -0.198. The lowest BCUT2D eigenvalue weighted by Crippen LogP contribution is -2.30. The average Bonchev–Trinajstić information content (AvgIpc) is 2.82. The minimum Gasteiger partial charge on any atom is -0.398 e. The minimum absolute atomic E-state index is 0.198. The van der Waals surface area contributed by atoms with Crippen molar-refractivity contribution in [2.75, 3.05) is 14.2 Å². The number of carbonyl (C=O) groups excluding carboxylic acids is 1. The summed E-state index contributed by atoms with van der Waals surface area (Å²) in [5.74, 6) is -0.198. The molecule has 1 aliphatic rings. The summed E-state index contributed by atoms with van der Waals surface area (Å²) in [6, 6.07) is 10.4. The number of amides is 1. The van der Waals surface area contributed by atoms with Crippen LogP contribution in [0.3, 0.4) is 0 Å². The summed E-state index contributed by atoms with van der Waals surface area (Å²) < 4.78 is 0. The van der Waals surface area contributed by atoms with E-state index in [0.717, 1.165) is 31.3 Å². The summed E-state index contributed by atoms with van der Waals surface area (Å²) in [6.07, 6.45) is 3.53. The number of rotatable bonds is 6. The zero-order valence-electron chi connectivity index (χ0n) is 21.0. The molecule has 0 saturated heterocycles. The second-order valence-electron chi connectivity index (χ2n) is 6.18. The predicted octanol–water partition coefficient (Wildman–Crippen LogP) is 6.87. The second-order valence-corrected chi connectivity index (χ2v) is 6.18. The molecule has 4 heteroatoms. The number of hydrogen-bond acceptors (Lipinski definition) is 3. The van der Waals surface area contributed by atoms with Crippen LogP contribution >= 0.6 is 0 Å². The largest absolute Gasteiger partial charge is 0.398 e. The Hall–Kier alpha value is -2.36. The van der Waals surface area contributed by atoms with Crippen LogP contribution in [0.1, 0.15) is 80.2 Å². The Balaban J connectivity index is 0. The molecule has 1 aliphatic carbocycles. The van der Waals surface area contributed by atoms with Crippen molar-refractivity contribution in [3.63, 3.8) is 0 Å². The zero-order valence-corrected chi connectivity index (χ0v) is 21.0. The van der Waals surface area contributed by atoms with Crippen LogP contribution in [-0.4, -0.2) is 25.8 Å². The number of nitrogens with one attached hydrogen (secondary N) is 1. The molecule has 0 atom stereocenters. The van der Waals surface area contributed by atoms with Gasteiger partial charge in [-0.3, -0.25) is 4.79 Å². The van der Waals surface area contributed by atoms with E-state index in [1.54, 1.807) is 7.05 Å². The van der Waals surface area contributed by atoms with Crippen molar-refractivity contribution in [3.8, 4) is 0 Å². The van der Waals surface area contributed by atoms with Crippen LogP contribution in [0.5, 0.6) is 0 Å². The lowest BCUT2D eigenvalue weighted by Gasteiger charge is -2.23. The highest BCUT2D eigenvalue weighted by atomic mass is 16.6. The Morgan fingerprint density at radius 2 is 1.47 bits per heavy atom. The Kier molecular flexibility index (Phi) is 18.6. The van der Waals surface area contributed by atoms with Crippen molar-refractivity contribution in [2.24, 2.45) is 5.16 Å². The summed E-state index contributed by atoms with van der Waals surface area (Å²) in [4.78, 5) is 17.2. The lowest BCUT2D eigenvalue weighted by atomic mass is 9.82. The first-order chi connectivity index (χ1) is 14.6. The maximum absolute atomic E-state index is 12.2. The van der Waals surface area contributed by atoms with Gasteiger partial charge in [-0.05, 0) is 50.7 Å². The fourth-order valence-electron chi connectivity index (χ4n) is 2.99. The van der Waals surface area contributed by atoms with Gasteiger partial charge in [0.1, 0.15) is 7.11 Å². The Morgan fingerprint density at radius 3 is 1.97 bits per heavy atom. The number of aryl methyl sites for hydroxylation is 1. The van der Waals surface area contributed by atoms with Crippen LogP contribution in [0.2, 0.25) is 0 Å². The normalized spacial score (nSPS) is 13.1. The van der Waals surface area contributed by atoms with Gasteiger partial charge in [-0.2, -0.15) is 0 Å². The summed E-state index contributed by atoms with van der Waals surface area (Å²) >= 11 is 0. The van der Waals surface area contributed by atoms with Gasteiger partial charge in [0.15, 0.2) is 5.71 Å². The van der Waals surface area contributed by atoms with Crippen LogP contribution < -0.4 is 5.32 Å². The van der Waals surface area contributed by atoms with E-state index in [9.17, 15) is 4.79 Å². The lowest BCUT2D eigenvalue weighted by molar-refractivity contribution is -0.114. The van der Waals surface area contributed by atoms with E-state index in [2.05, 4.69) is 48.6 Å². The number of carbonyl (C=O) groups is 1. The molecule has 30 heavy (non-hydrogen) atoms. The van der Waals surface area contributed by atoms with Crippen LogP contribution in [0, 0.1) is 0 Å². The average molecular weight is 417 g/mol. The molecule has 0 aromatic heterocycles. The molecule has 0 radical (unpaired) electrons. The molecule has 0 fully saturated rings. The SMILES string of the molecule is CC.CC.CC.CNC(=O)/C(=N/OC)C1=C(CCc2ccccc2)CC(C)=C(C)C1. The molecule has 0 heterocycles. The molecule has 1 N–H and O–H groups in total. The van der Waals surface area contributed by atoms with E-state index in [0.29, 0.717) is 5.71 Å². The molecule has 170 valence electrons. The van der Waals surface area contributed by atoms with E-state index >= 15 is 0 Å². The van der Waals surface area contributed by atoms with Crippen molar-refractivity contribution in [1.82, 2.24) is 5.32 Å². The molecule has 2 rings (SSSR count). The number of hydrogen-bond donors (Lipinski definition) is 1.